The van der Waals surface area contributed by atoms with E-state index in [4.69, 9.17) is 4.74 Å². The molecule has 28 heavy (non-hydrogen) atoms. The molecule has 0 saturated carbocycles. The molecular weight excluding hydrogens is 352 g/mol. The van der Waals surface area contributed by atoms with Gasteiger partial charge in [-0.3, -0.25) is 9.59 Å². The summed E-state index contributed by atoms with van der Waals surface area (Å²) >= 11 is 0. The Morgan fingerprint density at radius 3 is 2.64 bits per heavy atom. The molecule has 2 amide bonds. The van der Waals surface area contributed by atoms with Crippen LogP contribution in [0.3, 0.4) is 0 Å². The summed E-state index contributed by atoms with van der Waals surface area (Å²) in [6.07, 6.45) is 1.58. The van der Waals surface area contributed by atoms with E-state index in [1.165, 1.54) is 5.56 Å². The third kappa shape index (κ3) is 4.53. The van der Waals surface area contributed by atoms with Crippen molar-refractivity contribution in [3.63, 3.8) is 0 Å². The molecule has 5 heteroatoms. The van der Waals surface area contributed by atoms with E-state index in [0.29, 0.717) is 30.9 Å². The standard InChI is InChI=1S/C23H28N2O3/c1-17-8-10-18(11-9-17)15-24-22(27)23(2)12-5-13-25(16-23)21(26)19-6-4-7-20(14-19)28-3/h4,6-11,14H,5,12-13,15-16H2,1-3H3,(H,24,27)/t23-/m0/s1. The molecule has 0 spiro atoms. The van der Waals surface area contributed by atoms with Gasteiger partial charge in [-0.2, -0.15) is 0 Å². The Hall–Kier alpha value is -2.82. The van der Waals surface area contributed by atoms with Crippen molar-refractivity contribution in [3.8, 4) is 5.75 Å². The van der Waals surface area contributed by atoms with Crippen LogP contribution in [0.4, 0.5) is 0 Å². The molecule has 5 nitrogen and oxygen atoms in total. The number of aryl methyl sites for hydroxylation is 1. The lowest BCUT2D eigenvalue weighted by Crippen LogP contribution is -2.51. The van der Waals surface area contributed by atoms with Crippen molar-refractivity contribution < 1.29 is 14.3 Å². The van der Waals surface area contributed by atoms with E-state index in [2.05, 4.69) is 5.32 Å². The quantitative estimate of drug-likeness (QED) is 0.863. The smallest absolute Gasteiger partial charge is 0.254 e. The number of nitrogens with one attached hydrogen (secondary N) is 1. The maximum absolute atomic E-state index is 12.9. The minimum absolute atomic E-state index is 0.00350. The molecule has 1 atom stereocenters. The zero-order valence-corrected chi connectivity index (χ0v) is 16.8. The minimum atomic E-state index is -0.586. The van der Waals surface area contributed by atoms with Gasteiger partial charge in [0.1, 0.15) is 5.75 Å². The van der Waals surface area contributed by atoms with E-state index in [1.807, 2.05) is 50.2 Å². The van der Waals surface area contributed by atoms with Crippen LogP contribution < -0.4 is 10.1 Å². The number of rotatable bonds is 5. The number of hydrogen-bond acceptors (Lipinski definition) is 3. The molecule has 2 aromatic rings. The number of methoxy groups -OCH3 is 1. The predicted molar refractivity (Wildman–Crippen MR) is 109 cm³/mol. The molecule has 0 radical (unpaired) electrons. The molecule has 1 saturated heterocycles. The number of carbonyl (C=O) groups is 2. The molecule has 3 rings (SSSR count). The van der Waals surface area contributed by atoms with Crippen LogP contribution in [-0.2, 0) is 11.3 Å². The second-order valence-electron chi connectivity index (χ2n) is 7.79. The summed E-state index contributed by atoms with van der Waals surface area (Å²) in [6.45, 7) is 5.57. The fraction of sp³-hybridized carbons (Fsp3) is 0.391. The van der Waals surface area contributed by atoms with Crippen LogP contribution in [0.25, 0.3) is 0 Å². The Morgan fingerprint density at radius 2 is 1.93 bits per heavy atom. The van der Waals surface area contributed by atoms with Crippen molar-refractivity contribution >= 4 is 11.8 Å². The van der Waals surface area contributed by atoms with E-state index in [-0.39, 0.29) is 11.8 Å². The van der Waals surface area contributed by atoms with E-state index < -0.39 is 5.41 Å². The lowest BCUT2D eigenvalue weighted by atomic mass is 9.80. The minimum Gasteiger partial charge on any atom is -0.497 e. The van der Waals surface area contributed by atoms with Gasteiger partial charge in [0, 0.05) is 25.2 Å². The molecular formula is C23H28N2O3. The van der Waals surface area contributed by atoms with Crippen molar-refractivity contribution in [2.75, 3.05) is 20.2 Å². The first-order chi connectivity index (χ1) is 13.4. The molecule has 0 bridgehead atoms. The third-order valence-electron chi connectivity index (χ3n) is 5.42. The maximum atomic E-state index is 12.9. The molecule has 1 aliphatic rings. The molecule has 148 valence electrons. The monoisotopic (exact) mass is 380 g/mol. The number of hydrogen-bond donors (Lipinski definition) is 1. The van der Waals surface area contributed by atoms with Gasteiger partial charge in [0.15, 0.2) is 0 Å². The Kier molecular flexibility index (Phi) is 6.02. The summed E-state index contributed by atoms with van der Waals surface area (Å²) in [5, 5.41) is 3.05. The molecule has 1 N–H and O–H groups in total. The Balaban J connectivity index is 1.65. The van der Waals surface area contributed by atoms with E-state index >= 15 is 0 Å². The number of benzene rings is 2. The van der Waals surface area contributed by atoms with Gasteiger partial charge in [0.05, 0.1) is 12.5 Å². The van der Waals surface area contributed by atoms with Gasteiger partial charge in [0.25, 0.3) is 5.91 Å². The van der Waals surface area contributed by atoms with Crippen LogP contribution in [-0.4, -0.2) is 36.9 Å². The molecule has 1 aliphatic heterocycles. The summed E-state index contributed by atoms with van der Waals surface area (Å²) in [7, 11) is 1.58. The highest BCUT2D eigenvalue weighted by Crippen LogP contribution is 2.31. The molecule has 0 aromatic heterocycles. The molecule has 1 fully saturated rings. The van der Waals surface area contributed by atoms with Crippen LogP contribution in [0.1, 0.15) is 41.3 Å². The molecule has 0 aliphatic carbocycles. The number of amides is 2. The Morgan fingerprint density at radius 1 is 1.18 bits per heavy atom. The highest BCUT2D eigenvalue weighted by atomic mass is 16.5. The normalized spacial score (nSPS) is 19.2. The Bertz CT molecular complexity index is 847. The highest BCUT2D eigenvalue weighted by Gasteiger charge is 2.39. The third-order valence-corrected chi connectivity index (χ3v) is 5.42. The average Bonchev–Trinajstić information content (AvgIpc) is 2.72. The summed E-state index contributed by atoms with van der Waals surface area (Å²) in [6, 6.07) is 15.3. The van der Waals surface area contributed by atoms with Gasteiger partial charge in [-0.15, -0.1) is 0 Å². The van der Waals surface area contributed by atoms with Crippen LogP contribution in [0, 0.1) is 12.3 Å². The first-order valence-electron chi connectivity index (χ1n) is 9.68. The number of carbonyl (C=O) groups excluding carboxylic acids is 2. The first kappa shape index (κ1) is 19.9. The van der Waals surface area contributed by atoms with Gasteiger partial charge in [-0.1, -0.05) is 35.9 Å². The topological polar surface area (TPSA) is 58.6 Å². The number of nitrogens with zero attached hydrogens (tertiary/aromatic N) is 1. The first-order valence-corrected chi connectivity index (χ1v) is 9.68. The van der Waals surface area contributed by atoms with Crippen molar-refractivity contribution in [2.45, 2.75) is 33.2 Å². The molecule has 1 heterocycles. The predicted octanol–water partition coefficient (Wildman–Crippen LogP) is 3.56. The van der Waals surface area contributed by atoms with Crippen molar-refractivity contribution in [2.24, 2.45) is 5.41 Å². The van der Waals surface area contributed by atoms with Crippen molar-refractivity contribution in [1.82, 2.24) is 10.2 Å². The van der Waals surface area contributed by atoms with Crippen LogP contribution in [0.2, 0.25) is 0 Å². The van der Waals surface area contributed by atoms with Crippen molar-refractivity contribution in [1.29, 1.82) is 0 Å². The fourth-order valence-corrected chi connectivity index (χ4v) is 3.64. The van der Waals surface area contributed by atoms with Crippen LogP contribution in [0.15, 0.2) is 48.5 Å². The SMILES string of the molecule is COc1cccc(C(=O)N2CCC[C@](C)(C(=O)NCc3ccc(C)cc3)C2)c1. The number of ether oxygens (including phenoxy) is 1. The summed E-state index contributed by atoms with van der Waals surface area (Å²) in [5.74, 6) is 0.592. The second kappa shape index (κ2) is 8.46. The van der Waals surface area contributed by atoms with Gasteiger partial charge in [-0.25, -0.2) is 0 Å². The van der Waals surface area contributed by atoms with E-state index in [9.17, 15) is 9.59 Å². The summed E-state index contributed by atoms with van der Waals surface area (Å²) < 4.78 is 5.22. The fourth-order valence-electron chi connectivity index (χ4n) is 3.64. The van der Waals surface area contributed by atoms with Gasteiger partial charge in [0.2, 0.25) is 5.91 Å². The zero-order chi connectivity index (χ0) is 20.1. The summed E-state index contributed by atoms with van der Waals surface area (Å²) in [4.78, 5) is 27.6. The molecule has 2 aromatic carbocycles. The molecule has 0 unspecified atom stereocenters. The van der Waals surface area contributed by atoms with Gasteiger partial charge in [-0.05, 0) is 50.5 Å². The summed E-state index contributed by atoms with van der Waals surface area (Å²) in [5.41, 5.74) is 2.27. The van der Waals surface area contributed by atoms with Crippen molar-refractivity contribution in [3.05, 3.63) is 65.2 Å². The van der Waals surface area contributed by atoms with E-state index in [1.54, 1.807) is 24.1 Å². The number of likely N-dealkylation sites (tertiary alicyclic amines) is 1. The lowest BCUT2D eigenvalue weighted by molar-refractivity contribution is -0.132. The van der Waals surface area contributed by atoms with Crippen LogP contribution >= 0.6 is 0 Å². The highest BCUT2D eigenvalue weighted by molar-refractivity contribution is 5.95. The van der Waals surface area contributed by atoms with E-state index in [0.717, 1.165) is 18.4 Å². The average molecular weight is 380 g/mol. The maximum Gasteiger partial charge on any atom is 0.254 e. The second-order valence-corrected chi connectivity index (χ2v) is 7.79. The van der Waals surface area contributed by atoms with Gasteiger partial charge < -0.3 is 15.0 Å². The van der Waals surface area contributed by atoms with Crippen LogP contribution in [0.5, 0.6) is 5.75 Å². The largest absolute Gasteiger partial charge is 0.497 e. The van der Waals surface area contributed by atoms with Gasteiger partial charge >= 0.3 is 0 Å². The lowest BCUT2D eigenvalue weighted by Gasteiger charge is -2.39. The Labute approximate surface area is 166 Å². The number of piperidine rings is 1. The zero-order valence-electron chi connectivity index (χ0n) is 16.8.